The molecule has 1 amide bonds. The minimum Gasteiger partial charge on any atom is -0.424 e. The molecule has 4 rings (SSSR count). The average Bonchev–Trinajstić information content (AvgIpc) is 3.01. The van der Waals surface area contributed by atoms with Gasteiger partial charge in [-0.25, -0.2) is 13.2 Å². The summed E-state index contributed by atoms with van der Waals surface area (Å²) in [7, 11) is 0. The molecule has 1 saturated heterocycles. The summed E-state index contributed by atoms with van der Waals surface area (Å²) in [6, 6.07) is 6.72. The topological polar surface area (TPSA) is 94.5 Å². The van der Waals surface area contributed by atoms with Crippen LogP contribution in [0.1, 0.15) is 12.0 Å². The molecule has 3 heterocycles. The largest absolute Gasteiger partial charge is 0.424 e. The number of carbonyl (C=O) groups is 2. The van der Waals surface area contributed by atoms with Crippen LogP contribution in [0.3, 0.4) is 0 Å². The Labute approximate surface area is 190 Å². The van der Waals surface area contributed by atoms with Gasteiger partial charge in [0, 0.05) is 23.6 Å². The molecule has 8 nitrogen and oxygen atoms in total. The van der Waals surface area contributed by atoms with Crippen LogP contribution in [0.25, 0.3) is 0 Å². The Morgan fingerprint density at radius 2 is 2.09 bits per heavy atom. The fourth-order valence-corrected chi connectivity index (χ4v) is 5.39. The molecule has 0 bridgehead atoms. The number of para-hydroxylation sites is 1. The van der Waals surface area contributed by atoms with Crippen molar-refractivity contribution >= 4 is 41.8 Å². The van der Waals surface area contributed by atoms with Gasteiger partial charge in [0.15, 0.2) is 23.8 Å². The summed E-state index contributed by atoms with van der Waals surface area (Å²) in [6.07, 6.45) is -10.1. The van der Waals surface area contributed by atoms with Crippen molar-refractivity contribution in [3.05, 3.63) is 41.1 Å². The van der Waals surface area contributed by atoms with Crippen molar-refractivity contribution in [3.8, 4) is 5.75 Å². The van der Waals surface area contributed by atoms with Gasteiger partial charge in [-0.3, -0.25) is 23.5 Å². The first-order valence-corrected chi connectivity index (χ1v) is 12.2. The third-order valence-electron chi connectivity index (χ3n) is 5.17. The van der Waals surface area contributed by atoms with Crippen molar-refractivity contribution < 1.29 is 46.2 Å². The maximum Gasteiger partial charge on any atom is 0.381 e. The highest BCUT2D eigenvalue weighted by Gasteiger charge is 2.63. The lowest BCUT2D eigenvalue weighted by molar-refractivity contribution is -0.193. The van der Waals surface area contributed by atoms with Gasteiger partial charge in [-0.2, -0.15) is 0 Å². The minimum atomic E-state index is -3.60. The molecule has 5 atom stereocenters. The van der Waals surface area contributed by atoms with Gasteiger partial charge < -0.3 is 14.4 Å². The predicted octanol–water partition coefficient (Wildman–Crippen LogP) is 2.78. The number of halogens is 4. The lowest BCUT2D eigenvalue weighted by Crippen LogP contribution is -2.50. The van der Waals surface area contributed by atoms with Gasteiger partial charge >= 0.3 is 6.72 Å². The van der Waals surface area contributed by atoms with E-state index < -0.39 is 62.0 Å². The van der Waals surface area contributed by atoms with Gasteiger partial charge in [-0.1, -0.05) is 29.8 Å². The van der Waals surface area contributed by atoms with Crippen LogP contribution in [0.2, 0.25) is 0 Å². The Morgan fingerprint density at radius 1 is 1.38 bits per heavy atom. The molecular weight excluding hydrogens is 498 g/mol. The van der Waals surface area contributed by atoms with E-state index in [4.69, 9.17) is 41.7 Å². The summed E-state index contributed by atoms with van der Waals surface area (Å²) >= 11 is 10.9. The number of allylic oxidation sites excluding steroid dienone is 1. The summed E-state index contributed by atoms with van der Waals surface area (Å²) in [4.78, 5) is 24.3. The number of Topliss-reactive ketones (excluding diaryl/α,β-unsaturated/α-hetero) is 1. The van der Waals surface area contributed by atoms with Gasteiger partial charge in [-0.05, 0) is 6.07 Å². The van der Waals surface area contributed by atoms with Gasteiger partial charge in [0.05, 0.1) is 19.6 Å². The number of fused-ring (bicyclic) bond motifs is 1. The smallest absolute Gasteiger partial charge is 0.381 e. The van der Waals surface area contributed by atoms with Crippen molar-refractivity contribution in [1.82, 2.24) is 4.90 Å². The Hall–Kier alpha value is -1.53. The zero-order valence-corrected chi connectivity index (χ0v) is 18.5. The fourth-order valence-electron chi connectivity index (χ4n) is 3.41. The SMILES string of the molecule is O=C1CC(=O)N([C@@H]2O[C@@](COP3(=S)OCc4ccccc4O3)(C(F)F)[C@H](F)[C@H]2O)C=C1Cl. The van der Waals surface area contributed by atoms with Crippen molar-refractivity contribution in [1.29, 1.82) is 0 Å². The number of aliphatic hydroxyl groups is 1. The van der Waals surface area contributed by atoms with Crippen LogP contribution >= 0.6 is 18.3 Å². The lowest BCUT2D eigenvalue weighted by Gasteiger charge is -2.34. The van der Waals surface area contributed by atoms with E-state index in [9.17, 15) is 23.5 Å². The molecule has 32 heavy (non-hydrogen) atoms. The number of ketones is 1. The first-order valence-electron chi connectivity index (χ1n) is 9.23. The number of nitrogens with zero attached hydrogens (tertiary/aromatic N) is 1. The Morgan fingerprint density at radius 3 is 2.81 bits per heavy atom. The number of ether oxygens (including phenoxy) is 1. The average molecular weight is 514 g/mol. The Bertz CT molecular complexity index is 1030. The highest BCUT2D eigenvalue weighted by atomic mass is 35.5. The monoisotopic (exact) mass is 513 g/mol. The zero-order valence-electron chi connectivity index (χ0n) is 16.0. The van der Waals surface area contributed by atoms with E-state index in [1.807, 2.05) is 0 Å². The van der Waals surface area contributed by atoms with Crippen LogP contribution in [-0.4, -0.2) is 58.8 Å². The van der Waals surface area contributed by atoms with Crippen molar-refractivity contribution in [3.63, 3.8) is 0 Å². The molecule has 14 heteroatoms. The molecule has 1 fully saturated rings. The molecular formula is C18H16ClF3NO7PS. The van der Waals surface area contributed by atoms with E-state index in [0.29, 0.717) is 16.2 Å². The van der Waals surface area contributed by atoms with Crippen LogP contribution in [-0.2, 0) is 41.8 Å². The summed E-state index contributed by atoms with van der Waals surface area (Å²) in [5, 5.41) is 9.89. The van der Waals surface area contributed by atoms with Gasteiger partial charge in [0.1, 0.15) is 16.9 Å². The van der Waals surface area contributed by atoms with E-state index in [1.165, 1.54) is 0 Å². The normalized spacial score (nSPS) is 35.0. The van der Waals surface area contributed by atoms with E-state index >= 15 is 4.39 Å². The van der Waals surface area contributed by atoms with Gasteiger partial charge in [0.2, 0.25) is 5.91 Å². The molecule has 0 aliphatic carbocycles. The standard InChI is InChI=1S/C18H16ClF3NO7PS/c19-10-6-23(13(25)5-11(10)24)16-14(26)15(20)18(29-16,17(21)22)8-28-31(32)27-7-9-3-1-2-4-12(9)30-31/h1-4,6,14-17,26H,5,7-8H2/t14-,15-,16-,18-,31?/m1/s1. The van der Waals surface area contributed by atoms with Crippen molar-refractivity contribution in [2.24, 2.45) is 0 Å². The third kappa shape index (κ3) is 4.09. The number of hydrogen-bond donors (Lipinski definition) is 1. The molecule has 3 aliphatic heterocycles. The molecule has 0 spiro atoms. The van der Waals surface area contributed by atoms with Gasteiger partial charge in [0.25, 0.3) is 6.43 Å². The molecule has 0 radical (unpaired) electrons. The molecule has 0 aromatic heterocycles. The van der Waals surface area contributed by atoms with E-state index in [1.54, 1.807) is 24.3 Å². The molecule has 1 N–H and O–H groups in total. The summed E-state index contributed by atoms with van der Waals surface area (Å²) in [5.41, 5.74) is -2.32. The van der Waals surface area contributed by atoms with Crippen LogP contribution in [0.4, 0.5) is 13.2 Å². The number of rotatable bonds is 5. The first kappa shape index (κ1) is 23.6. The van der Waals surface area contributed by atoms with Crippen LogP contribution in [0.15, 0.2) is 35.5 Å². The second-order valence-electron chi connectivity index (χ2n) is 7.23. The lowest BCUT2D eigenvalue weighted by atomic mass is 9.98. The predicted molar refractivity (Wildman–Crippen MR) is 107 cm³/mol. The van der Waals surface area contributed by atoms with E-state index in [2.05, 4.69) is 0 Å². The number of hydrogen-bond acceptors (Lipinski definition) is 8. The Balaban J connectivity index is 1.55. The molecule has 1 aromatic rings. The maximum atomic E-state index is 15.0. The van der Waals surface area contributed by atoms with E-state index in [0.717, 1.165) is 6.20 Å². The maximum absolute atomic E-state index is 15.0. The quantitative estimate of drug-likeness (QED) is 0.474. The molecule has 0 saturated carbocycles. The highest BCUT2D eigenvalue weighted by molar-refractivity contribution is 8.07. The molecule has 1 aromatic carbocycles. The number of carbonyl (C=O) groups excluding carboxylic acids is 2. The van der Waals surface area contributed by atoms with Crippen LogP contribution < -0.4 is 4.52 Å². The van der Waals surface area contributed by atoms with Crippen LogP contribution in [0, 0.1) is 0 Å². The molecule has 174 valence electrons. The van der Waals surface area contributed by atoms with Crippen molar-refractivity contribution in [2.75, 3.05) is 6.61 Å². The van der Waals surface area contributed by atoms with E-state index in [-0.39, 0.29) is 11.6 Å². The molecule has 3 aliphatic rings. The highest BCUT2D eigenvalue weighted by Crippen LogP contribution is 2.56. The number of alkyl halides is 3. The van der Waals surface area contributed by atoms with Gasteiger partial charge in [-0.15, -0.1) is 0 Å². The third-order valence-corrected chi connectivity index (χ3v) is 7.65. The summed E-state index contributed by atoms with van der Waals surface area (Å²) in [5.74, 6) is -1.26. The number of amides is 1. The zero-order chi connectivity index (χ0) is 23.3. The molecule has 1 unspecified atom stereocenters. The Kier molecular flexibility index (Phi) is 6.40. The second kappa shape index (κ2) is 8.68. The fraction of sp³-hybridized carbons (Fsp3) is 0.444. The minimum absolute atomic E-state index is 0.000107. The number of aliphatic hydroxyl groups excluding tert-OH is 1. The summed E-state index contributed by atoms with van der Waals surface area (Å²) in [6.45, 7) is -4.72. The van der Waals surface area contributed by atoms with Crippen molar-refractivity contribution in [2.45, 2.75) is 43.6 Å². The second-order valence-corrected chi connectivity index (χ2v) is 10.6. The number of benzene rings is 1. The summed E-state index contributed by atoms with van der Waals surface area (Å²) < 4.78 is 64.5. The first-order chi connectivity index (χ1) is 15.1. The van der Waals surface area contributed by atoms with Crippen LogP contribution in [0.5, 0.6) is 5.75 Å².